The Morgan fingerprint density at radius 2 is 1.95 bits per heavy atom. The molecule has 0 fully saturated rings. The zero-order valence-corrected chi connectivity index (χ0v) is 12.2. The first-order valence-electron chi connectivity index (χ1n) is 6.34. The summed E-state index contributed by atoms with van der Waals surface area (Å²) < 4.78 is 4.89. The molecule has 0 aliphatic rings. The van der Waals surface area contributed by atoms with Crippen LogP contribution >= 0.6 is 0 Å². The second-order valence-electron chi connectivity index (χ2n) is 4.49. The summed E-state index contributed by atoms with van der Waals surface area (Å²) in [6.45, 7) is 6.58. The highest BCUT2D eigenvalue weighted by molar-refractivity contribution is 5.89. The molecular weight excluding hydrogens is 262 g/mol. The van der Waals surface area contributed by atoms with Gasteiger partial charge in [0, 0.05) is 11.6 Å². The van der Waals surface area contributed by atoms with Gasteiger partial charge >= 0.3 is 11.9 Å². The number of carbonyl (C=O) groups excluding carboxylic acids is 1. The first-order chi connectivity index (χ1) is 9.38. The van der Waals surface area contributed by atoms with Gasteiger partial charge < -0.3 is 14.9 Å². The molecule has 0 saturated heterocycles. The van der Waals surface area contributed by atoms with Crippen LogP contribution in [0.5, 0.6) is 0 Å². The molecule has 0 aliphatic heterocycles. The summed E-state index contributed by atoms with van der Waals surface area (Å²) in [5, 5.41) is 18.2. The molecule has 1 rings (SSSR count). The number of aliphatic carboxylic acids is 1. The summed E-state index contributed by atoms with van der Waals surface area (Å²) in [6.07, 6.45) is -0.0270. The molecule has 0 spiro atoms. The topological polar surface area (TPSA) is 96.7 Å². The quantitative estimate of drug-likeness (QED) is 0.799. The number of carboxylic acid groups (broad SMARTS) is 1. The molecule has 1 heterocycles. The van der Waals surface area contributed by atoms with Crippen molar-refractivity contribution in [3.63, 3.8) is 0 Å². The zero-order valence-electron chi connectivity index (χ0n) is 12.2. The van der Waals surface area contributed by atoms with Gasteiger partial charge in [-0.15, -0.1) is 0 Å². The Labute approximate surface area is 118 Å². The van der Waals surface area contributed by atoms with E-state index in [2.05, 4.69) is 4.98 Å². The van der Waals surface area contributed by atoms with Gasteiger partial charge in [0.05, 0.1) is 6.61 Å². The second kappa shape index (κ2) is 8.27. The Hall–Kier alpha value is -1.95. The van der Waals surface area contributed by atoms with E-state index in [1.165, 1.54) is 26.1 Å². The van der Waals surface area contributed by atoms with Gasteiger partial charge in [-0.1, -0.05) is 33.8 Å². The van der Waals surface area contributed by atoms with Gasteiger partial charge in [0.1, 0.15) is 5.69 Å². The lowest BCUT2D eigenvalue weighted by Crippen LogP contribution is -2.42. The molecule has 0 aromatic carbocycles. The van der Waals surface area contributed by atoms with E-state index in [-0.39, 0.29) is 5.69 Å². The average Bonchev–Trinajstić information content (AvgIpc) is 2.47. The number of ether oxygens (including phenoxy) is 1. The molecule has 0 amide bonds. The van der Waals surface area contributed by atoms with E-state index < -0.39 is 30.1 Å². The van der Waals surface area contributed by atoms with Crippen LogP contribution < -0.4 is 0 Å². The summed E-state index contributed by atoms with van der Waals surface area (Å²) in [6, 6.07) is 4.65. The zero-order chi connectivity index (χ0) is 15.8. The number of hydrogen-bond donors (Lipinski definition) is 2. The first kappa shape index (κ1) is 18.0. The van der Waals surface area contributed by atoms with Crippen molar-refractivity contribution in [3.05, 3.63) is 30.1 Å². The molecule has 0 bridgehead atoms. The Morgan fingerprint density at radius 1 is 1.35 bits per heavy atom. The van der Waals surface area contributed by atoms with Crippen molar-refractivity contribution in [2.24, 2.45) is 5.41 Å². The van der Waals surface area contributed by atoms with Crippen LogP contribution in [-0.4, -0.2) is 39.8 Å². The standard InChI is InChI=1S/C12H15NO5.C2H6/c1-12(2,7-14)9(10(15)16)18-11(17)8-5-3-4-6-13-8;1-2/h3-6,9,14H,7H2,1-2H3,(H,15,16);1-2H3. The number of carbonyl (C=O) groups is 2. The highest BCUT2D eigenvalue weighted by Crippen LogP contribution is 2.23. The Bertz CT molecular complexity index is 430. The van der Waals surface area contributed by atoms with E-state index in [4.69, 9.17) is 14.9 Å². The summed E-state index contributed by atoms with van der Waals surface area (Å²) >= 11 is 0. The van der Waals surface area contributed by atoms with Crippen LogP contribution in [0.25, 0.3) is 0 Å². The lowest BCUT2D eigenvalue weighted by atomic mass is 9.87. The molecule has 0 radical (unpaired) electrons. The first-order valence-corrected chi connectivity index (χ1v) is 6.34. The monoisotopic (exact) mass is 283 g/mol. The van der Waals surface area contributed by atoms with Gasteiger partial charge in [-0.2, -0.15) is 0 Å². The fourth-order valence-electron chi connectivity index (χ4n) is 1.28. The number of pyridine rings is 1. The predicted molar refractivity (Wildman–Crippen MR) is 73.3 cm³/mol. The number of aliphatic hydroxyl groups excluding tert-OH is 1. The summed E-state index contributed by atoms with van der Waals surface area (Å²) in [7, 11) is 0. The van der Waals surface area contributed by atoms with Gasteiger partial charge in [0.15, 0.2) is 0 Å². The van der Waals surface area contributed by atoms with E-state index >= 15 is 0 Å². The third-order valence-corrected chi connectivity index (χ3v) is 2.44. The van der Waals surface area contributed by atoms with Gasteiger partial charge in [0.2, 0.25) is 6.10 Å². The maximum Gasteiger partial charge on any atom is 0.357 e. The second-order valence-corrected chi connectivity index (χ2v) is 4.49. The van der Waals surface area contributed by atoms with Gasteiger partial charge in [-0.05, 0) is 12.1 Å². The number of rotatable bonds is 5. The number of hydrogen-bond acceptors (Lipinski definition) is 5. The minimum Gasteiger partial charge on any atom is -0.478 e. The number of aromatic nitrogens is 1. The van der Waals surface area contributed by atoms with Crippen molar-refractivity contribution in [1.29, 1.82) is 0 Å². The lowest BCUT2D eigenvalue weighted by molar-refractivity contribution is -0.155. The van der Waals surface area contributed by atoms with Crippen molar-refractivity contribution in [3.8, 4) is 0 Å². The largest absolute Gasteiger partial charge is 0.478 e. The van der Waals surface area contributed by atoms with Crippen LogP contribution in [0.1, 0.15) is 38.2 Å². The highest BCUT2D eigenvalue weighted by Gasteiger charge is 2.38. The maximum absolute atomic E-state index is 11.7. The molecule has 112 valence electrons. The molecule has 1 aromatic heterocycles. The molecule has 0 saturated carbocycles. The SMILES string of the molecule is CC.CC(C)(CO)C(OC(=O)c1ccccn1)C(=O)O. The molecule has 20 heavy (non-hydrogen) atoms. The molecule has 6 nitrogen and oxygen atoms in total. The Kier molecular flexibility index (Phi) is 7.46. The van der Waals surface area contributed by atoms with Crippen molar-refractivity contribution >= 4 is 11.9 Å². The predicted octanol–water partition coefficient (Wildman–Crippen LogP) is 1.74. The van der Waals surface area contributed by atoms with E-state index in [1.54, 1.807) is 12.1 Å². The van der Waals surface area contributed by atoms with E-state index in [0.717, 1.165) is 0 Å². The minimum absolute atomic E-state index is 0.0255. The molecule has 1 atom stereocenters. The van der Waals surface area contributed by atoms with Crippen molar-refractivity contribution in [2.45, 2.75) is 33.8 Å². The van der Waals surface area contributed by atoms with Crippen LogP contribution in [-0.2, 0) is 9.53 Å². The van der Waals surface area contributed by atoms with Crippen LogP contribution in [0.4, 0.5) is 0 Å². The number of carboxylic acids is 1. The third-order valence-electron chi connectivity index (χ3n) is 2.44. The minimum atomic E-state index is -1.43. The van der Waals surface area contributed by atoms with E-state index in [1.807, 2.05) is 13.8 Å². The van der Waals surface area contributed by atoms with Crippen molar-refractivity contribution < 1.29 is 24.5 Å². The molecule has 6 heteroatoms. The van der Waals surface area contributed by atoms with Crippen LogP contribution in [0.15, 0.2) is 24.4 Å². The van der Waals surface area contributed by atoms with E-state index in [9.17, 15) is 9.59 Å². The lowest BCUT2D eigenvalue weighted by Gasteiger charge is -2.28. The fourth-order valence-corrected chi connectivity index (χ4v) is 1.28. The van der Waals surface area contributed by atoms with Gasteiger partial charge in [-0.25, -0.2) is 14.6 Å². The van der Waals surface area contributed by atoms with Crippen molar-refractivity contribution in [2.75, 3.05) is 6.61 Å². The molecule has 2 N–H and O–H groups in total. The number of esters is 1. The molecule has 1 unspecified atom stereocenters. The summed E-state index contributed by atoms with van der Waals surface area (Å²) in [4.78, 5) is 26.5. The highest BCUT2D eigenvalue weighted by atomic mass is 16.6. The smallest absolute Gasteiger partial charge is 0.357 e. The van der Waals surface area contributed by atoms with Gasteiger partial charge in [-0.3, -0.25) is 0 Å². The van der Waals surface area contributed by atoms with Crippen LogP contribution in [0.3, 0.4) is 0 Å². The van der Waals surface area contributed by atoms with Crippen LogP contribution in [0, 0.1) is 5.41 Å². The van der Waals surface area contributed by atoms with Crippen molar-refractivity contribution in [1.82, 2.24) is 4.98 Å². The fraction of sp³-hybridized carbons (Fsp3) is 0.500. The number of aliphatic hydroxyl groups is 1. The normalized spacial score (nSPS) is 11.8. The molecule has 1 aromatic rings. The number of nitrogens with zero attached hydrogens (tertiary/aromatic N) is 1. The average molecular weight is 283 g/mol. The molecule has 0 aliphatic carbocycles. The Morgan fingerprint density at radius 3 is 2.35 bits per heavy atom. The summed E-state index contributed by atoms with van der Waals surface area (Å²) in [5.41, 5.74) is -1.05. The van der Waals surface area contributed by atoms with Gasteiger partial charge in [0.25, 0.3) is 0 Å². The Balaban J connectivity index is 0.00000172. The van der Waals surface area contributed by atoms with Crippen LogP contribution in [0.2, 0.25) is 0 Å². The summed E-state index contributed by atoms with van der Waals surface area (Å²) in [5.74, 6) is -2.14. The molecular formula is C14H21NO5. The van der Waals surface area contributed by atoms with E-state index in [0.29, 0.717) is 0 Å². The maximum atomic E-state index is 11.7. The third kappa shape index (κ3) is 4.97.